The molecule has 0 bridgehead atoms. The van der Waals surface area contributed by atoms with Crippen LogP contribution in [-0.4, -0.2) is 34.7 Å². The van der Waals surface area contributed by atoms with Crippen molar-refractivity contribution >= 4 is 11.8 Å². The van der Waals surface area contributed by atoms with Crippen LogP contribution in [0.25, 0.3) is 11.4 Å². The molecule has 0 atom stereocenters. The largest absolute Gasteiger partial charge is 0.383 e. The van der Waals surface area contributed by atoms with E-state index in [-0.39, 0.29) is 0 Å². The SMILES string of the molecule is COCCn1c(SC)nnc1-c1ccccc1. The molecule has 0 spiro atoms. The Morgan fingerprint density at radius 3 is 2.65 bits per heavy atom. The standard InChI is InChI=1S/C12H15N3OS/c1-16-9-8-15-11(13-14-12(15)17-2)10-6-4-3-5-7-10/h3-7H,8-9H2,1-2H3. The van der Waals surface area contributed by atoms with E-state index in [0.29, 0.717) is 6.61 Å². The minimum atomic E-state index is 0.658. The summed E-state index contributed by atoms with van der Waals surface area (Å²) in [6.45, 7) is 1.43. The average molecular weight is 249 g/mol. The summed E-state index contributed by atoms with van der Waals surface area (Å²) < 4.78 is 7.21. The van der Waals surface area contributed by atoms with E-state index in [2.05, 4.69) is 14.8 Å². The second-order valence-corrected chi connectivity index (χ2v) is 4.29. The number of benzene rings is 1. The third kappa shape index (κ3) is 2.68. The number of ether oxygens (including phenoxy) is 1. The van der Waals surface area contributed by atoms with Crippen LogP contribution in [0.5, 0.6) is 0 Å². The molecular weight excluding hydrogens is 234 g/mol. The topological polar surface area (TPSA) is 39.9 Å². The Balaban J connectivity index is 2.36. The predicted octanol–water partition coefficient (Wildman–Crippen LogP) is 2.31. The maximum absolute atomic E-state index is 5.12. The fraction of sp³-hybridized carbons (Fsp3) is 0.333. The Bertz CT molecular complexity index is 470. The van der Waals surface area contributed by atoms with Crippen LogP contribution in [-0.2, 0) is 11.3 Å². The van der Waals surface area contributed by atoms with Gasteiger partial charge in [-0.05, 0) is 6.26 Å². The number of hydrogen-bond acceptors (Lipinski definition) is 4. The second kappa shape index (κ2) is 5.84. The van der Waals surface area contributed by atoms with Crippen molar-refractivity contribution in [1.29, 1.82) is 0 Å². The predicted molar refractivity (Wildman–Crippen MR) is 69.1 cm³/mol. The van der Waals surface area contributed by atoms with Gasteiger partial charge in [-0.25, -0.2) is 0 Å². The van der Waals surface area contributed by atoms with Gasteiger partial charge >= 0.3 is 0 Å². The number of rotatable bonds is 5. The molecule has 0 fully saturated rings. The van der Waals surface area contributed by atoms with Crippen LogP contribution in [0, 0.1) is 0 Å². The number of methoxy groups -OCH3 is 1. The highest BCUT2D eigenvalue weighted by molar-refractivity contribution is 7.98. The molecule has 0 aliphatic carbocycles. The van der Waals surface area contributed by atoms with Crippen molar-refractivity contribution in [2.24, 2.45) is 0 Å². The van der Waals surface area contributed by atoms with Gasteiger partial charge in [0.05, 0.1) is 13.2 Å². The van der Waals surface area contributed by atoms with Crippen LogP contribution in [0.4, 0.5) is 0 Å². The lowest BCUT2D eigenvalue weighted by atomic mass is 10.2. The number of nitrogens with zero attached hydrogens (tertiary/aromatic N) is 3. The van der Waals surface area contributed by atoms with E-state index in [1.807, 2.05) is 36.6 Å². The molecule has 0 radical (unpaired) electrons. The van der Waals surface area contributed by atoms with Crippen LogP contribution in [0.3, 0.4) is 0 Å². The summed E-state index contributed by atoms with van der Waals surface area (Å²) in [6.07, 6.45) is 2.00. The maximum Gasteiger partial charge on any atom is 0.191 e. The smallest absolute Gasteiger partial charge is 0.191 e. The Kier molecular flexibility index (Phi) is 4.17. The minimum absolute atomic E-state index is 0.658. The summed E-state index contributed by atoms with van der Waals surface area (Å²) in [5.41, 5.74) is 1.08. The number of aromatic nitrogens is 3. The monoisotopic (exact) mass is 249 g/mol. The van der Waals surface area contributed by atoms with E-state index in [0.717, 1.165) is 23.1 Å². The van der Waals surface area contributed by atoms with Crippen LogP contribution in [0.1, 0.15) is 0 Å². The van der Waals surface area contributed by atoms with Gasteiger partial charge in [0.25, 0.3) is 0 Å². The minimum Gasteiger partial charge on any atom is -0.383 e. The molecule has 0 saturated carbocycles. The van der Waals surface area contributed by atoms with Gasteiger partial charge in [0.2, 0.25) is 0 Å². The van der Waals surface area contributed by atoms with Gasteiger partial charge in [-0.1, -0.05) is 42.1 Å². The van der Waals surface area contributed by atoms with Crippen LogP contribution in [0.2, 0.25) is 0 Å². The van der Waals surface area contributed by atoms with E-state index < -0.39 is 0 Å². The zero-order chi connectivity index (χ0) is 12.1. The maximum atomic E-state index is 5.12. The summed E-state index contributed by atoms with van der Waals surface area (Å²) in [7, 11) is 1.70. The zero-order valence-corrected chi connectivity index (χ0v) is 10.8. The van der Waals surface area contributed by atoms with Crippen LogP contribution >= 0.6 is 11.8 Å². The molecule has 0 amide bonds. The van der Waals surface area contributed by atoms with E-state index >= 15 is 0 Å². The van der Waals surface area contributed by atoms with Gasteiger partial charge in [-0.15, -0.1) is 10.2 Å². The Morgan fingerprint density at radius 2 is 2.00 bits per heavy atom. The Morgan fingerprint density at radius 1 is 1.24 bits per heavy atom. The van der Waals surface area contributed by atoms with Crippen LogP contribution < -0.4 is 0 Å². The first-order valence-corrected chi connectivity index (χ1v) is 6.61. The third-order valence-corrected chi connectivity index (χ3v) is 3.12. The van der Waals surface area contributed by atoms with Gasteiger partial charge in [-0.2, -0.15) is 0 Å². The van der Waals surface area contributed by atoms with Crippen molar-refractivity contribution in [1.82, 2.24) is 14.8 Å². The van der Waals surface area contributed by atoms with Crippen molar-refractivity contribution in [2.75, 3.05) is 20.0 Å². The summed E-state index contributed by atoms with van der Waals surface area (Å²) in [6, 6.07) is 10.1. The second-order valence-electron chi connectivity index (χ2n) is 3.52. The first-order chi connectivity index (χ1) is 8.36. The summed E-state index contributed by atoms with van der Waals surface area (Å²) in [4.78, 5) is 0. The highest BCUT2D eigenvalue weighted by atomic mass is 32.2. The average Bonchev–Trinajstić information content (AvgIpc) is 2.80. The zero-order valence-electron chi connectivity index (χ0n) is 9.96. The van der Waals surface area contributed by atoms with Crippen molar-refractivity contribution in [3.8, 4) is 11.4 Å². The molecule has 90 valence electrons. The quantitative estimate of drug-likeness (QED) is 0.762. The van der Waals surface area contributed by atoms with Crippen molar-refractivity contribution < 1.29 is 4.74 Å². The first kappa shape index (κ1) is 12.1. The van der Waals surface area contributed by atoms with E-state index in [1.54, 1.807) is 18.9 Å². The molecule has 0 aliphatic heterocycles. The molecule has 1 aromatic carbocycles. The van der Waals surface area contributed by atoms with Gasteiger partial charge < -0.3 is 4.74 Å². The first-order valence-electron chi connectivity index (χ1n) is 5.38. The van der Waals surface area contributed by atoms with Gasteiger partial charge in [0.15, 0.2) is 11.0 Å². The molecule has 2 rings (SSSR count). The van der Waals surface area contributed by atoms with Gasteiger partial charge in [-0.3, -0.25) is 4.57 Å². The molecule has 5 heteroatoms. The lowest BCUT2D eigenvalue weighted by Crippen LogP contribution is -2.07. The normalized spacial score (nSPS) is 10.7. The molecular formula is C12H15N3OS. The van der Waals surface area contributed by atoms with Crippen molar-refractivity contribution in [3.63, 3.8) is 0 Å². The van der Waals surface area contributed by atoms with E-state index in [9.17, 15) is 0 Å². The molecule has 4 nitrogen and oxygen atoms in total. The highest BCUT2D eigenvalue weighted by Gasteiger charge is 2.12. The Labute approximate surface area is 105 Å². The molecule has 0 aliphatic rings. The van der Waals surface area contributed by atoms with Gasteiger partial charge in [0, 0.05) is 12.7 Å². The van der Waals surface area contributed by atoms with E-state index in [1.165, 1.54) is 0 Å². The summed E-state index contributed by atoms with van der Waals surface area (Å²) >= 11 is 1.60. The molecule has 0 saturated heterocycles. The number of hydrogen-bond donors (Lipinski definition) is 0. The molecule has 1 heterocycles. The molecule has 17 heavy (non-hydrogen) atoms. The molecule has 0 N–H and O–H groups in total. The van der Waals surface area contributed by atoms with Gasteiger partial charge in [0.1, 0.15) is 0 Å². The van der Waals surface area contributed by atoms with E-state index in [4.69, 9.17) is 4.74 Å². The van der Waals surface area contributed by atoms with Crippen molar-refractivity contribution in [2.45, 2.75) is 11.7 Å². The lowest BCUT2D eigenvalue weighted by molar-refractivity contribution is 0.185. The fourth-order valence-corrected chi connectivity index (χ4v) is 2.15. The molecule has 1 aromatic heterocycles. The van der Waals surface area contributed by atoms with Crippen molar-refractivity contribution in [3.05, 3.63) is 30.3 Å². The Hall–Kier alpha value is -1.33. The molecule has 0 unspecified atom stereocenters. The lowest BCUT2D eigenvalue weighted by Gasteiger charge is -2.08. The fourth-order valence-electron chi connectivity index (χ4n) is 1.62. The summed E-state index contributed by atoms with van der Waals surface area (Å²) in [5.74, 6) is 0.895. The summed E-state index contributed by atoms with van der Waals surface area (Å²) in [5, 5.41) is 9.35. The molecule has 2 aromatic rings. The number of thioether (sulfide) groups is 1. The van der Waals surface area contributed by atoms with Crippen LogP contribution in [0.15, 0.2) is 35.5 Å². The third-order valence-electron chi connectivity index (χ3n) is 2.45. The highest BCUT2D eigenvalue weighted by Crippen LogP contribution is 2.22.